The van der Waals surface area contributed by atoms with E-state index in [9.17, 15) is 4.79 Å². The highest BCUT2D eigenvalue weighted by Crippen LogP contribution is 2.25. The minimum absolute atomic E-state index is 0.227. The Balaban J connectivity index is 1.76. The number of benzene rings is 1. The molecular weight excluding hydrogens is 306 g/mol. The van der Waals surface area contributed by atoms with Crippen LogP contribution in [0, 0.1) is 5.92 Å². The van der Waals surface area contributed by atoms with Crippen molar-refractivity contribution in [2.75, 3.05) is 12.4 Å². The fourth-order valence-corrected chi connectivity index (χ4v) is 3.30. The van der Waals surface area contributed by atoms with Gasteiger partial charge >= 0.3 is 0 Å². The summed E-state index contributed by atoms with van der Waals surface area (Å²) in [6.07, 6.45) is 8.79. The van der Waals surface area contributed by atoms with Crippen LogP contribution in [0.1, 0.15) is 51.0 Å². The molecule has 126 valence electrons. The second kappa shape index (κ2) is 9.77. The third-order valence-electron chi connectivity index (χ3n) is 4.57. The van der Waals surface area contributed by atoms with E-state index in [1.165, 1.54) is 11.1 Å². The molecule has 2 nitrogen and oxygen atoms in total. The number of unbranched alkanes of at least 4 members (excludes halogenated alkanes) is 2. The Kier molecular flexibility index (Phi) is 7.67. The van der Waals surface area contributed by atoms with Gasteiger partial charge in [-0.1, -0.05) is 48.4 Å². The predicted octanol–water partition coefficient (Wildman–Crippen LogP) is 5.17. The van der Waals surface area contributed by atoms with Gasteiger partial charge in [-0.15, -0.1) is 11.6 Å². The first kappa shape index (κ1) is 18.1. The number of piperidine rings is 1. The summed E-state index contributed by atoms with van der Waals surface area (Å²) in [5, 5.41) is 0. The van der Waals surface area contributed by atoms with Gasteiger partial charge in [0.2, 0.25) is 5.91 Å². The molecule has 1 aliphatic heterocycles. The number of alkyl halides is 1. The van der Waals surface area contributed by atoms with Gasteiger partial charge in [0, 0.05) is 24.9 Å². The number of hydrogen-bond acceptors (Lipinski definition) is 1. The highest BCUT2D eigenvalue weighted by molar-refractivity contribution is 6.19. The van der Waals surface area contributed by atoms with Crippen molar-refractivity contribution in [3.63, 3.8) is 0 Å². The monoisotopic (exact) mass is 333 g/mol. The lowest BCUT2D eigenvalue weighted by atomic mass is 9.91. The molecule has 0 radical (unpaired) electrons. The van der Waals surface area contributed by atoms with E-state index in [0.29, 0.717) is 11.8 Å². The van der Waals surface area contributed by atoms with Gasteiger partial charge in [0.1, 0.15) is 0 Å². The molecule has 1 fully saturated rings. The van der Waals surface area contributed by atoms with Gasteiger partial charge < -0.3 is 4.90 Å². The van der Waals surface area contributed by atoms with Gasteiger partial charge in [-0.3, -0.25) is 4.79 Å². The molecule has 0 saturated carbocycles. The molecule has 0 bridgehead atoms. The molecule has 1 unspecified atom stereocenters. The van der Waals surface area contributed by atoms with E-state index < -0.39 is 0 Å². The van der Waals surface area contributed by atoms with Crippen molar-refractivity contribution < 1.29 is 4.79 Å². The Bertz CT molecular complexity index is 512. The number of nitrogens with zero attached hydrogens (tertiary/aromatic N) is 1. The summed E-state index contributed by atoms with van der Waals surface area (Å²) < 4.78 is 0. The summed E-state index contributed by atoms with van der Waals surface area (Å²) >= 11 is 5.77. The summed E-state index contributed by atoms with van der Waals surface area (Å²) in [6.45, 7) is 3.73. The number of halogens is 1. The summed E-state index contributed by atoms with van der Waals surface area (Å²) in [7, 11) is 0. The number of amides is 1. The molecule has 0 N–H and O–H groups in total. The van der Waals surface area contributed by atoms with Gasteiger partial charge in [-0.05, 0) is 44.6 Å². The Morgan fingerprint density at radius 2 is 2.09 bits per heavy atom. The zero-order valence-electron chi connectivity index (χ0n) is 14.1. The van der Waals surface area contributed by atoms with Crippen molar-refractivity contribution >= 4 is 17.5 Å². The van der Waals surface area contributed by atoms with E-state index in [-0.39, 0.29) is 5.92 Å². The van der Waals surface area contributed by atoms with Crippen molar-refractivity contribution in [2.45, 2.75) is 52.0 Å². The molecule has 1 atom stereocenters. The zero-order valence-corrected chi connectivity index (χ0v) is 14.9. The zero-order chi connectivity index (χ0) is 16.5. The van der Waals surface area contributed by atoms with Crippen LogP contribution >= 0.6 is 11.6 Å². The first-order valence-electron chi connectivity index (χ1n) is 8.75. The SMILES string of the molecule is C/C(=C/CCCCC1CCCN(Cc2ccccc2)C1=O)CCl. The summed E-state index contributed by atoms with van der Waals surface area (Å²) in [6, 6.07) is 10.3. The van der Waals surface area contributed by atoms with E-state index in [1.54, 1.807) is 0 Å². The van der Waals surface area contributed by atoms with Crippen LogP contribution in [0.3, 0.4) is 0 Å². The second-order valence-electron chi connectivity index (χ2n) is 6.55. The molecule has 1 aromatic rings. The maximum atomic E-state index is 12.6. The van der Waals surface area contributed by atoms with Crippen LogP contribution in [-0.2, 0) is 11.3 Å². The van der Waals surface area contributed by atoms with E-state index in [0.717, 1.165) is 51.6 Å². The molecule has 3 heteroatoms. The molecule has 1 aliphatic rings. The Morgan fingerprint density at radius 3 is 2.83 bits per heavy atom. The van der Waals surface area contributed by atoms with Gasteiger partial charge in [-0.25, -0.2) is 0 Å². The highest BCUT2D eigenvalue weighted by atomic mass is 35.5. The quantitative estimate of drug-likeness (QED) is 0.365. The van der Waals surface area contributed by atoms with E-state index >= 15 is 0 Å². The number of rotatable bonds is 8. The lowest BCUT2D eigenvalue weighted by Gasteiger charge is -2.32. The number of allylic oxidation sites excluding steroid dienone is 2. The first-order chi connectivity index (χ1) is 11.2. The number of hydrogen-bond donors (Lipinski definition) is 0. The summed E-state index contributed by atoms with van der Waals surface area (Å²) in [4.78, 5) is 14.7. The maximum absolute atomic E-state index is 12.6. The minimum Gasteiger partial charge on any atom is -0.338 e. The van der Waals surface area contributed by atoms with Crippen LogP contribution in [0.4, 0.5) is 0 Å². The van der Waals surface area contributed by atoms with Gasteiger partial charge in [0.05, 0.1) is 0 Å². The summed E-state index contributed by atoms with van der Waals surface area (Å²) in [5.74, 6) is 1.20. The van der Waals surface area contributed by atoms with Crippen LogP contribution < -0.4 is 0 Å². The lowest BCUT2D eigenvalue weighted by Crippen LogP contribution is -2.40. The van der Waals surface area contributed by atoms with E-state index in [1.807, 2.05) is 23.1 Å². The first-order valence-corrected chi connectivity index (χ1v) is 9.28. The topological polar surface area (TPSA) is 20.3 Å². The van der Waals surface area contributed by atoms with Crippen LogP contribution in [0.2, 0.25) is 0 Å². The predicted molar refractivity (Wildman–Crippen MR) is 97.5 cm³/mol. The highest BCUT2D eigenvalue weighted by Gasteiger charge is 2.27. The molecule has 1 amide bonds. The van der Waals surface area contributed by atoms with Crippen molar-refractivity contribution in [1.29, 1.82) is 0 Å². The molecule has 1 aromatic carbocycles. The maximum Gasteiger partial charge on any atom is 0.225 e. The van der Waals surface area contributed by atoms with Crippen molar-refractivity contribution in [3.05, 3.63) is 47.5 Å². The molecule has 0 spiro atoms. The van der Waals surface area contributed by atoms with Gasteiger partial charge in [-0.2, -0.15) is 0 Å². The molecule has 0 aromatic heterocycles. The average molecular weight is 334 g/mol. The molecule has 2 rings (SSSR count). The number of carbonyl (C=O) groups excluding carboxylic acids is 1. The second-order valence-corrected chi connectivity index (χ2v) is 6.82. The number of likely N-dealkylation sites (tertiary alicyclic amines) is 1. The van der Waals surface area contributed by atoms with E-state index in [2.05, 4.69) is 25.1 Å². The van der Waals surface area contributed by atoms with Crippen molar-refractivity contribution in [2.24, 2.45) is 5.92 Å². The molecule has 1 saturated heterocycles. The Morgan fingerprint density at radius 1 is 1.30 bits per heavy atom. The molecular formula is C20H28ClNO. The van der Waals surface area contributed by atoms with Gasteiger partial charge in [0.15, 0.2) is 0 Å². The largest absolute Gasteiger partial charge is 0.338 e. The average Bonchev–Trinajstić information content (AvgIpc) is 2.58. The van der Waals surface area contributed by atoms with Crippen LogP contribution in [0.15, 0.2) is 42.0 Å². The normalized spacial score (nSPS) is 19.2. The van der Waals surface area contributed by atoms with Crippen molar-refractivity contribution in [3.8, 4) is 0 Å². The van der Waals surface area contributed by atoms with Crippen molar-refractivity contribution in [1.82, 2.24) is 4.90 Å². The van der Waals surface area contributed by atoms with Crippen LogP contribution in [0.5, 0.6) is 0 Å². The lowest BCUT2D eigenvalue weighted by molar-refractivity contribution is -0.139. The third kappa shape index (κ3) is 6.02. The molecule has 0 aliphatic carbocycles. The minimum atomic E-state index is 0.227. The Hall–Kier alpha value is -1.28. The van der Waals surface area contributed by atoms with Crippen LogP contribution in [0.25, 0.3) is 0 Å². The number of carbonyl (C=O) groups is 1. The smallest absolute Gasteiger partial charge is 0.225 e. The molecule has 1 heterocycles. The Labute approximate surface area is 145 Å². The fourth-order valence-electron chi connectivity index (χ4n) is 3.19. The standard InChI is InChI=1S/C20H28ClNO/c1-17(15-21)9-4-2-7-12-19-13-8-14-22(20(19)23)16-18-10-5-3-6-11-18/h3,5-6,9-11,19H,2,4,7-8,12-16H2,1H3/b17-9-. The fraction of sp³-hybridized carbons (Fsp3) is 0.550. The summed E-state index contributed by atoms with van der Waals surface area (Å²) in [5.41, 5.74) is 2.47. The molecule has 23 heavy (non-hydrogen) atoms. The third-order valence-corrected chi connectivity index (χ3v) is 4.99. The van der Waals surface area contributed by atoms with E-state index in [4.69, 9.17) is 11.6 Å². The van der Waals surface area contributed by atoms with Crippen LogP contribution in [-0.4, -0.2) is 23.2 Å². The van der Waals surface area contributed by atoms with Gasteiger partial charge in [0.25, 0.3) is 0 Å².